The summed E-state index contributed by atoms with van der Waals surface area (Å²) >= 11 is 6.19. The van der Waals surface area contributed by atoms with E-state index in [0.717, 1.165) is 16.3 Å². The van der Waals surface area contributed by atoms with Crippen LogP contribution in [-0.4, -0.2) is 50.9 Å². The standard InChI is InChI=1S/C30H36ClN3O5S/c1-6-22(3)32-30(36)23(4)33(19-24-9-7-10-25(31)17-24)29(35)20-34(26-11-8-12-27(18-26)39-5)40(37,38)28-15-13-21(2)14-16-28/h7-18,22-23H,6,19-20H2,1-5H3,(H,32,36)/t22-,23+/m1/s1. The second kappa shape index (κ2) is 13.7. The summed E-state index contributed by atoms with van der Waals surface area (Å²) in [7, 11) is -2.68. The molecule has 0 fully saturated rings. The number of nitrogens with zero attached hydrogens (tertiary/aromatic N) is 2. The largest absolute Gasteiger partial charge is 0.497 e. The maximum atomic E-state index is 14.0. The number of anilines is 1. The Balaban J connectivity index is 2.05. The molecule has 0 saturated heterocycles. The first-order valence-electron chi connectivity index (χ1n) is 13.0. The summed E-state index contributed by atoms with van der Waals surface area (Å²) in [6.07, 6.45) is 0.721. The van der Waals surface area contributed by atoms with Crippen molar-refractivity contribution >= 4 is 39.1 Å². The number of ether oxygens (including phenoxy) is 1. The Bertz CT molecular complexity index is 1430. The molecule has 0 bridgehead atoms. The summed E-state index contributed by atoms with van der Waals surface area (Å²) in [4.78, 5) is 28.5. The van der Waals surface area contributed by atoms with Crippen LogP contribution in [-0.2, 0) is 26.2 Å². The number of benzene rings is 3. The van der Waals surface area contributed by atoms with Gasteiger partial charge < -0.3 is 15.0 Å². The fourth-order valence-corrected chi connectivity index (χ4v) is 5.63. The van der Waals surface area contributed by atoms with Crippen molar-refractivity contribution in [1.82, 2.24) is 10.2 Å². The first kappa shape index (κ1) is 31.0. The minimum atomic E-state index is -4.16. The zero-order valence-electron chi connectivity index (χ0n) is 23.4. The molecule has 0 aliphatic carbocycles. The molecule has 0 aromatic heterocycles. The fourth-order valence-electron chi connectivity index (χ4n) is 4.01. The van der Waals surface area contributed by atoms with Gasteiger partial charge >= 0.3 is 0 Å². The molecular formula is C30H36ClN3O5S. The van der Waals surface area contributed by atoms with Crippen LogP contribution in [0.4, 0.5) is 5.69 Å². The van der Waals surface area contributed by atoms with Crippen molar-refractivity contribution in [3.05, 3.63) is 88.9 Å². The van der Waals surface area contributed by atoms with Gasteiger partial charge in [0.05, 0.1) is 17.7 Å². The third kappa shape index (κ3) is 7.76. The molecule has 10 heteroatoms. The van der Waals surface area contributed by atoms with Gasteiger partial charge in [0.2, 0.25) is 11.8 Å². The molecule has 0 unspecified atom stereocenters. The Morgan fingerprint density at radius 3 is 2.30 bits per heavy atom. The molecule has 3 aromatic rings. The number of methoxy groups -OCH3 is 1. The topological polar surface area (TPSA) is 96.0 Å². The van der Waals surface area contributed by atoms with Crippen molar-refractivity contribution in [2.75, 3.05) is 18.0 Å². The molecule has 2 atom stereocenters. The quantitative estimate of drug-likeness (QED) is 0.316. The lowest BCUT2D eigenvalue weighted by atomic mass is 10.1. The van der Waals surface area contributed by atoms with E-state index in [1.807, 2.05) is 20.8 Å². The molecule has 0 heterocycles. The van der Waals surface area contributed by atoms with Gasteiger partial charge in [-0.05, 0) is 69.2 Å². The van der Waals surface area contributed by atoms with E-state index >= 15 is 0 Å². The minimum Gasteiger partial charge on any atom is -0.497 e. The third-order valence-electron chi connectivity index (χ3n) is 6.64. The highest BCUT2D eigenvalue weighted by Crippen LogP contribution is 2.28. The lowest BCUT2D eigenvalue weighted by Crippen LogP contribution is -2.52. The van der Waals surface area contributed by atoms with Gasteiger partial charge in [-0.25, -0.2) is 8.42 Å². The third-order valence-corrected chi connectivity index (χ3v) is 8.66. The zero-order chi connectivity index (χ0) is 29.4. The number of hydrogen-bond acceptors (Lipinski definition) is 5. The Labute approximate surface area is 241 Å². The van der Waals surface area contributed by atoms with E-state index in [1.165, 1.54) is 24.1 Å². The number of hydrogen-bond donors (Lipinski definition) is 1. The second-order valence-corrected chi connectivity index (χ2v) is 12.0. The normalized spacial score (nSPS) is 12.8. The molecule has 3 rings (SSSR count). The van der Waals surface area contributed by atoms with Gasteiger partial charge in [0.1, 0.15) is 18.3 Å². The Morgan fingerprint density at radius 2 is 1.68 bits per heavy atom. The van der Waals surface area contributed by atoms with Crippen molar-refractivity contribution in [2.24, 2.45) is 0 Å². The number of nitrogens with one attached hydrogen (secondary N) is 1. The molecule has 40 heavy (non-hydrogen) atoms. The molecule has 0 saturated carbocycles. The van der Waals surface area contributed by atoms with Crippen molar-refractivity contribution in [3.63, 3.8) is 0 Å². The highest BCUT2D eigenvalue weighted by Gasteiger charge is 2.33. The van der Waals surface area contributed by atoms with Crippen molar-refractivity contribution in [2.45, 2.75) is 57.6 Å². The van der Waals surface area contributed by atoms with E-state index in [9.17, 15) is 18.0 Å². The van der Waals surface area contributed by atoms with Gasteiger partial charge in [-0.3, -0.25) is 13.9 Å². The number of carbonyl (C=O) groups is 2. The van der Waals surface area contributed by atoms with E-state index in [2.05, 4.69) is 5.32 Å². The summed E-state index contributed by atoms with van der Waals surface area (Å²) in [6.45, 7) is 6.85. The summed E-state index contributed by atoms with van der Waals surface area (Å²) in [5.74, 6) is -0.449. The SMILES string of the molecule is CC[C@@H](C)NC(=O)[C@H](C)N(Cc1cccc(Cl)c1)C(=O)CN(c1cccc(OC)c1)S(=O)(=O)c1ccc(C)cc1. The van der Waals surface area contributed by atoms with E-state index in [1.54, 1.807) is 67.6 Å². The Morgan fingerprint density at radius 1 is 1.00 bits per heavy atom. The number of halogens is 1. The molecule has 2 amide bonds. The van der Waals surface area contributed by atoms with Gasteiger partial charge in [0, 0.05) is 23.7 Å². The summed E-state index contributed by atoms with van der Waals surface area (Å²) < 4.78 is 34.2. The number of sulfonamides is 1. The second-order valence-electron chi connectivity index (χ2n) is 9.67. The first-order chi connectivity index (χ1) is 19.0. The molecule has 0 aliphatic rings. The number of rotatable bonds is 12. The van der Waals surface area contributed by atoms with E-state index < -0.39 is 28.5 Å². The molecule has 8 nitrogen and oxygen atoms in total. The lowest BCUT2D eigenvalue weighted by molar-refractivity contribution is -0.139. The maximum Gasteiger partial charge on any atom is 0.264 e. The first-order valence-corrected chi connectivity index (χ1v) is 14.9. The van der Waals surface area contributed by atoms with Crippen LogP contribution in [0.2, 0.25) is 5.02 Å². The van der Waals surface area contributed by atoms with Gasteiger partial charge in [-0.2, -0.15) is 0 Å². The summed E-state index contributed by atoms with van der Waals surface area (Å²) in [6, 6.07) is 18.9. The van der Waals surface area contributed by atoms with Crippen LogP contribution in [0.1, 0.15) is 38.3 Å². The lowest BCUT2D eigenvalue weighted by Gasteiger charge is -2.32. The van der Waals surface area contributed by atoms with E-state index in [-0.39, 0.29) is 29.1 Å². The molecule has 3 aromatic carbocycles. The van der Waals surface area contributed by atoms with Gasteiger partial charge in [-0.15, -0.1) is 0 Å². The van der Waals surface area contributed by atoms with Crippen LogP contribution in [0.25, 0.3) is 0 Å². The van der Waals surface area contributed by atoms with E-state index in [4.69, 9.17) is 16.3 Å². The van der Waals surface area contributed by atoms with Crippen LogP contribution >= 0.6 is 11.6 Å². The fraction of sp³-hybridized carbons (Fsp3) is 0.333. The van der Waals surface area contributed by atoms with Gasteiger partial charge in [0.25, 0.3) is 10.0 Å². The van der Waals surface area contributed by atoms with Crippen LogP contribution in [0, 0.1) is 6.92 Å². The van der Waals surface area contributed by atoms with Gasteiger partial charge in [0.15, 0.2) is 0 Å². The summed E-state index contributed by atoms with van der Waals surface area (Å²) in [5, 5.41) is 3.40. The average molecular weight is 586 g/mol. The predicted molar refractivity (Wildman–Crippen MR) is 158 cm³/mol. The zero-order valence-corrected chi connectivity index (χ0v) is 25.0. The molecule has 214 valence electrons. The van der Waals surface area contributed by atoms with E-state index in [0.29, 0.717) is 16.3 Å². The van der Waals surface area contributed by atoms with Crippen LogP contribution in [0.3, 0.4) is 0 Å². The average Bonchev–Trinajstić information content (AvgIpc) is 2.94. The highest BCUT2D eigenvalue weighted by atomic mass is 35.5. The predicted octanol–water partition coefficient (Wildman–Crippen LogP) is 5.18. The Kier molecular flexibility index (Phi) is 10.6. The molecule has 1 N–H and O–H groups in total. The van der Waals surface area contributed by atoms with Gasteiger partial charge in [-0.1, -0.05) is 54.4 Å². The number of aryl methyl sites for hydroxylation is 1. The molecular weight excluding hydrogens is 550 g/mol. The number of amides is 2. The van der Waals surface area contributed by atoms with Crippen molar-refractivity contribution in [3.8, 4) is 5.75 Å². The highest BCUT2D eigenvalue weighted by molar-refractivity contribution is 7.92. The Hall–Kier alpha value is -3.56. The van der Waals surface area contributed by atoms with Crippen LogP contribution in [0.5, 0.6) is 5.75 Å². The van der Waals surface area contributed by atoms with Crippen molar-refractivity contribution in [1.29, 1.82) is 0 Å². The van der Waals surface area contributed by atoms with Crippen molar-refractivity contribution < 1.29 is 22.7 Å². The monoisotopic (exact) mass is 585 g/mol. The maximum absolute atomic E-state index is 14.0. The molecule has 0 radical (unpaired) electrons. The van der Waals surface area contributed by atoms with Crippen LogP contribution in [0.15, 0.2) is 77.7 Å². The van der Waals surface area contributed by atoms with Crippen LogP contribution < -0.4 is 14.4 Å². The summed E-state index contributed by atoms with van der Waals surface area (Å²) in [5.41, 5.74) is 1.86. The number of carbonyl (C=O) groups excluding carboxylic acids is 2. The molecule has 0 spiro atoms. The smallest absolute Gasteiger partial charge is 0.264 e. The molecule has 0 aliphatic heterocycles. The minimum absolute atomic E-state index is 0.0395.